The zero-order chi connectivity index (χ0) is 19.8. The molecule has 2 rings (SSSR count). The van der Waals surface area contributed by atoms with E-state index in [1.54, 1.807) is 7.11 Å². The van der Waals surface area contributed by atoms with E-state index >= 15 is 0 Å². The number of hydrogen-bond donors (Lipinski definition) is 1. The van der Waals surface area contributed by atoms with Crippen molar-refractivity contribution in [2.45, 2.75) is 58.9 Å². The summed E-state index contributed by atoms with van der Waals surface area (Å²) in [5, 5.41) is 10.4. The Hall–Kier alpha value is -1.71. The summed E-state index contributed by atoms with van der Waals surface area (Å²) in [4.78, 5) is 2.33. The van der Waals surface area contributed by atoms with Crippen LogP contribution >= 0.6 is 12.4 Å². The number of ether oxygens (including phenoxy) is 1. The number of phenols is 1. The first-order chi connectivity index (χ1) is 13.1. The lowest BCUT2D eigenvalue weighted by atomic mass is 9.78. The molecule has 2 atom stereocenters. The van der Waals surface area contributed by atoms with Crippen LogP contribution in [0.25, 0.3) is 0 Å². The Kier molecular flexibility index (Phi) is 10.4. The maximum absolute atomic E-state index is 10.4. The van der Waals surface area contributed by atoms with Crippen LogP contribution in [-0.2, 0) is 6.54 Å². The van der Waals surface area contributed by atoms with E-state index in [1.165, 1.54) is 11.1 Å². The molecule has 156 valence electrons. The van der Waals surface area contributed by atoms with Crippen LogP contribution in [0.1, 0.15) is 69.1 Å². The number of halogens is 1. The third kappa shape index (κ3) is 5.89. The van der Waals surface area contributed by atoms with Crippen molar-refractivity contribution in [3.63, 3.8) is 0 Å². The van der Waals surface area contributed by atoms with E-state index in [0.29, 0.717) is 17.6 Å². The maximum atomic E-state index is 10.4. The maximum Gasteiger partial charge on any atom is 0.120 e. The number of rotatable bonds is 10. The summed E-state index contributed by atoms with van der Waals surface area (Å²) in [7, 11) is 1.70. The first-order valence-electron chi connectivity index (χ1n) is 10.3. The lowest BCUT2D eigenvalue weighted by Crippen LogP contribution is -2.22. The second-order valence-corrected chi connectivity index (χ2v) is 7.15. The van der Waals surface area contributed by atoms with Gasteiger partial charge in [0.05, 0.1) is 7.11 Å². The van der Waals surface area contributed by atoms with Gasteiger partial charge >= 0.3 is 0 Å². The van der Waals surface area contributed by atoms with Crippen molar-refractivity contribution >= 4 is 12.4 Å². The van der Waals surface area contributed by atoms with Crippen LogP contribution in [0.3, 0.4) is 0 Å². The van der Waals surface area contributed by atoms with Gasteiger partial charge in [0.15, 0.2) is 0 Å². The number of phenolic OH excluding ortho intramolecular Hbond substituents is 1. The molecule has 0 saturated carbocycles. The van der Waals surface area contributed by atoms with Crippen LogP contribution in [-0.4, -0.2) is 30.2 Å². The van der Waals surface area contributed by atoms with Gasteiger partial charge in [0, 0.05) is 12.1 Å². The van der Waals surface area contributed by atoms with E-state index in [4.69, 9.17) is 4.74 Å². The van der Waals surface area contributed by atoms with Crippen LogP contribution in [0.5, 0.6) is 11.5 Å². The second kappa shape index (κ2) is 12.0. The second-order valence-electron chi connectivity index (χ2n) is 7.15. The Morgan fingerprint density at radius 1 is 0.857 bits per heavy atom. The summed E-state index contributed by atoms with van der Waals surface area (Å²) in [6.45, 7) is 11.6. The smallest absolute Gasteiger partial charge is 0.120 e. The Balaban J connectivity index is 0.00000392. The molecule has 2 aromatic carbocycles. The third-order valence-corrected chi connectivity index (χ3v) is 5.73. The van der Waals surface area contributed by atoms with Crippen LogP contribution in [0.4, 0.5) is 0 Å². The lowest BCUT2D eigenvalue weighted by Gasteiger charge is -2.27. The van der Waals surface area contributed by atoms with Crippen LogP contribution in [0.2, 0.25) is 0 Å². The third-order valence-electron chi connectivity index (χ3n) is 5.73. The van der Waals surface area contributed by atoms with Crippen molar-refractivity contribution < 1.29 is 9.84 Å². The molecule has 2 aromatic rings. The molecule has 4 heteroatoms. The molecule has 0 bridgehead atoms. The molecule has 0 aliphatic carbocycles. The van der Waals surface area contributed by atoms with Gasteiger partial charge in [-0.2, -0.15) is 0 Å². The highest BCUT2D eigenvalue weighted by Crippen LogP contribution is 2.39. The average molecular weight is 406 g/mol. The predicted molar refractivity (Wildman–Crippen MR) is 121 cm³/mol. The summed E-state index contributed by atoms with van der Waals surface area (Å²) in [5.74, 6) is 2.18. The molecule has 0 aliphatic heterocycles. The highest BCUT2D eigenvalue weighted by molar-refractivity contribution is 5.85. The molecule has 0 saturated heterocycles. The Morgan fingerprint density at radius 3 is 1.89 bits per heavy atom. The molecular formula is C24H36ClNO2. The zero-order valence-corrected chi connectivity index (χ0v) is 18.8. The molecule has 0 amide bonds. The lowest BCUT2D eigenvalue weighted by molar-refractivity contribution is 0.290. The zero-order valence-electron chi connectivity index (χ0n) is 17.9. The number of nitrogens with zero attached hydrogens (tertiary/aromatic N) is 1. The summed E-state index contributed by atoms with van der Waals surface area (Å²) in [6, 6.07) is 14.7. The van der Waals surface area contributed by atoms with Crippen LogP contribution < -0.4 is 4.74 Å². The van der Waals surface area contributed by atoms with Gasteiger partial charge in [-0.25, -0.2) is 0 Å². The molecule has 0 fully saturated rings. The van der Waals surface area contributed by atoms with Gasteiger partial charge in [-0.3, -0.25) is 4.90 Å². The molecule has 3 nitrogen and oxygen atoms in total. The van der Waals surface area contributed by atoms with E-state index in [0.717, 1.165) is 43.8 Å². The fourth-order valence-electron chi connectivity index (χ4n) is 4.01. The summed E-state index contributed by atoms with van der Waals surface area (Å²) in [6.07, 6.45) is 2.15. The number of hydrogen-bond acceptors (Lipinski definition) is 3. The standard InChI is InChI=1S/C24H35NO2.ClH/c1-6-22(18-10-13-21(27-5)14-11-18)23(7-2)19-12-15-24(26)20(16-19)17-25(8-3)9-4;/h10-16,22-23,26H,6-9,17H2,1-5H3;1H. The Labute approximate surface area is 177 Å². The average Bonchev–Trinajstić information content (AvgIpc) is 2.71. The van der Waals surface area contributed by atoms with E-state index in [9.17, 15) is 5.11 Å². The van der Waals surface area contributed by atoms with E-state index < -0.39 is 0 Å². The Bertz CT molecular complexity index is 698. The van der Waals surface area contributed by atoms with Gasteiger partial charge in [0.2, 0.25) is 0 Å². The van der Waals surface area contributed by atoms with Crippen molar-refractivity contribution in [3.05, 3.63) is 59.2 Å². The number of benzene rings is 2. The number of aromatic hydroxyl groups is 1. The predicted octanol–water partition coefficient (Wildman–Crippen LogP) is 6.35. The quantitative estimate of drug-likeness (QED) is 0.499. The van der Waals surface area contributed by atoms with Crippen molar-refractivity contribution in [2.75, 3.05) is 20.2 Å². The normalized spacial score (nSPS) is 13.1. The molecular weight excluding hydrogens is 370 g/mol. The molecule has 0 spiro atoms. The first kappa shape index (κ1) is 24.3. The van der Waals surface area contributed by atoms with E-state index in [-0.39, 0.29) is 12.4 Å². The van der Waals surface area contributed by atoms with E-state index in [1.807, 2.05) is 18.2 Å². The topological polar surface area (TPSA) is 32.7 Å². The highest BCUT2D eigenvalue weighted by Gasteiger charge is 2.23. The van der Waals surface area contributed by atoms with Crippen molar-refractivity contribution in [1.82, 2.24) is 4.90 Å². The van der Waals surface area contributed by atoms with Crippen LogP contribution in [0.15, 0.2) is 42.5 Å². The minimum Gasteiger partial charge on any atom is -0.508 e. The fourth-order valence-corrected chi connectivity index (χ4v) is 4.01. The summed E-state index contributed by atoms with van der Waals surface area (Å²) < 4.78 is 5.31. The molecule has 0 aromatic heterocycles. The molecule has 28 heavy (non-hydrogen) atoms. The monoisotopic (exact) mass is 405 g/mol. The summed E-state index contributed by atoms with van der Waals surface area (Å²) >= 11 is 0. The van der Waals surface area contributed by atoms with Gasteiger partial charge < -0.3 is 9.84 Å². The van der Waals surface area contributed by atoms with Gasteiger partial charge in [-0.15, -0.1) is 12.4 Å². The van der Waals surface area contributed by atoms with Crippen molar-refractivity contribution in [1.29, 1.82) is 0 Å². The van der Waals surface area contributed by atoms with Crippen LogP contribution in [0, 0.1) is 0 Å². The molecule has 0 aliphatic rings. The van der Waals surface area contributed by atoms with Crippen molar-refractivity contribution in [2.24, 2.45) is 0 Å². The highest BCUT2D eigenvalue weighted by atomic mass is 35.5. The minimum atomic E-state index is 0. The van der Waals surface area contributed by atoms with Crippen molar-refractivity contribution in [3.8, 4) is 11.5 Å². The van der Waals surface area contributed by atoms with Gasteiger partial charge in [0.1, 0.15) is 11.5 Å². The fraction of sp³-hybridized carbons (Fsp3) is 0.500. The number of methoxy groups -OCH3 is 1. The minimum absolute atomic E-state index is 0. The van der Waals surface area contributed by atoms with Gasteiger partial charge in [-0.05, 0) is 67.1 Å². The molecule has 2 unspecified atom stereocenters. The largest absolute Gasteiger partial charge is 0.508 e. The van der Waals surface area contributed by atoms with E-state index in [2.05, 4.69) is 56.9 Å². The summed E-state index contributed by atoms with van der Waals surface area (Å²) in [5.41, 5.74) is 3.70. The SMILES string of the molecule is CCC(c1ccc(OC)cc1)C(CC)c1ccc(O)c(CN(CC)CC)c1.Cl. The molecule has 0 heterocycles. The molecule has 0 radical (unpaired) electrons. The van der Waals surface area contributed by atoms with Gasteiger partial charge in [0.25, 0.3) is 0 Å². The van der Waals surface area contributed by atoms with Gasteiger partial charge in [-0.1, -0.05) is 52.0 Å². The first-order valence-corrected chi connectivity index (χ1v) is 10.3. The Morgan fingerprint density at radius 2 is 1.39 bits per heavy atom. The molecule has 1 N–H and O–H groups in total.